The highest BCUT2D eigenvalue weighted by Crippen LogP contribution is 2.27. The minimum absolute atomic E-state index is 0.168. The molecule has 0 N–H and O–H groups in total. The van der Waals surface area contributed by atoms with Crippen molar-refractivity contribution in [3.8, 4) is 5.75 Å². The number of benzene rings is 2. The molecular weight excluding hydrogens is 316 g/mol. The fourth-order valence-corrected chi connectivity index (χ4v) is 3.07. The Hall–Kier alpha value is -2.66. The van der Waals surface area contributed by atoms with Gasteiger partial charge in [0.2, 0.25) is 5.91 Å². The lowest BCUT2D eigenvalue weighted by Gasteiger charge is -2.23. The summed E-state index contributed by atoms with van der Waals surface area (Å²) in [7, 11) is 1.88. The molecule has 0 saturated carbocycles. The van der Waals surface area contributed by atoms with E-state index >= 15 is 0 Å². The van der Waals surface area contributed by atoms with Crippen molar-refractivity contribution in [2.75, 3.05) is 18.6 Å². The van der Waals surface area contributed by atoms with Gasteiger partial charge in [-0.3, -0.25) is 14.5 Å². The fraction of sp³-hybridized carbons (Fsp3) is 0.300. The first kappa shape index (κ1) is 17.2. The van der Waals surface area contributed by atoms with E-state index in [-0.39, 0.29) is 18.2 Å². The third kappa shape index (κ3) is 3.72. The van der Waals surface area contributed by atoms with Gasteiger partial charge in [0.15, 0.2) is 0 Å². The van der Waals surface area contributed by atoms with E-state index in [1.54, 1.807) is 24.3 Å². The van der Waals surface area contributed by atoms with Crippen molar-refractivity contribution in [2.24, 2.45) is 0 Å². The number of likely N-dealkylation sites (N-methyl/N-ethyl adjacent to an activating group) is 1. The normalized spacial score (nSPS) is 17.4. The highest BCUT2D eigenvalue weighted by Gasteiger charge is 2.41. The van der Waals surface area contributed by atoms with Gasteiger partial charge < -0.3 is 4.74 Å². The van der Waals surface area contributed by atoms with E-state index in [2.05, 4.69) is 0 Å². The summed E-state index contributed by atoms with van der Waals surface area (Å²) in [5.41, 5.74) is 1.71. The quantitative estimate of drug-likeness (QED) is 0.760. The van der Waals surface area contributed by atoms with E-state index in [4.69, 9.17) is 4.74 Å². The van der Waals surface area contributed by atoms with Crippen LogP contribution in [0, 0.1) is 0 Å². The van der Waals surface area contributed by atoms with Crippen LogP contribution in [0.5, 0.6) is 5.75 Å². The van der Waals surface area contributed by atoms with Gasteiger partial charge in [-0.15, -0.1) is 0 Å². The molecule has 5 heteroatoms. The first-order valence-electron chi connectivity index (χ1n) is 8.44. The first-order chi connectivity index (χ1) is 12.1. The highest BCUT2D eigenvalue weighted by molar-refractivity contribution is 6.22. The zero-order chi connectivity index (χ0) is 17.8. The number of imide groups is 1. The Labute approximate surface area is 147 Å². The van der Waals surface area contributed by atoms with Crippen molar-refractivity contribution < 1.29 is 14.3 Å². The number of carbonyl (C=O) groups is 2. The average Bonchev–Trinajstić information content (AvgIpc) is 2.92. The zero-order valence-electron chi connectivity index (χ0n) is 14.5. The molecule has 0 aliphatic carbocycles. The molecule has 1 aliphatic heterocycles. The number of anilines is 1. The van der Waals surface area contributed by atoms with Gasteiger partial charge in [0, 0.05) is 6.54 Å². The minimum atomic E-state index is -0.431. The molecule has 0 aromatic heterocycles. The maximum absolute atomic E-state index is 12.8. The molecule has 1 aliphatic rings. The molecule has 25 heavy (non-hydrogen) atoms. The van der Waals surface area contributed by atoms with Crippen LogP contribution in [0.3, 0.4) is 0 Å². The zero-order valence-corrected chi connectivity index (χ0v) is 14.5. The number of carbonyl (C=O) groups excluding carboxylic acids is 2. The van der Waals surface area contributed by atoms with E-state index in [9.17, 15) is 9.59 Å². The first-order valence-corrected chi connectivity index (χ1v) is 8.44. The molecule has 0 bridgehead atoms. The Morgan fingerprint density at radius 2 is 1.76 bits per heavy atom. The highest BCUT2D eigenvalue weighted by atomic mass is 16.5. The average molecular weight is 338 g/mol. The van der Waals surface area contributed by atoms with Crippen LogP contribution in [-0.2, 0) is 16.1 Å². The van der Waals surface area contributed by atoms with Gasteiger partial charge in [-0.05, 0) is 43.8 Å². The molecule has 3 rings (SSSR count). The van der Waals surface area contributed by atoms with E-state index < -0.39 is 6.04 Å². The molecule has 0 unspecified atom stereocenters. The van der Waals surface area contributed by atoms with Crippen molar-refractivity contribution >= 4 is 17.5 Å². The largest absolute Gasteiger partial charge is 0.494 e. The van der Waals surface area contributed by atoms with Crippen LogP contribution in [0.15, 0.2) is 54.6 Å². The van der Waals surface area contributed by atoms with E-state index in [1.807, 2.05) is 49.2 Å². The van der Waals surface area contributed by atoms with Crippen molar-refractivity contribution in [1.29, 1.82) is 0 Å². The Morgan fingerprint density at radius 1 is 1.08 bits per heavy atom. The summed E-state index contributed by atoms with van der Waals surface area (Å²) >= 11 is 0. The predicted octanol–water partition coefficient (Wildman–Crippen LogP) is 2.85. The summed E-state index contributed by atoms with van der Waals surface area (Å²) in [5, 5.41) is 0. The standard InChI is InChI=1S/C20H22N2O3/c1-3-25-17-11-9-16(10-12-17)22-19(23)13-18(20(22)24)21(2)14-15-7-5-4-6-8-15/h4-12,18H,3,13-14H2,1-2H3/t18-/m1/s1. The van der Waals surface area contributed by atoms with Gasteiger partial charge in [-0.25, -0.2) is 4.90 Å². The molecular formula is C20H22N2O3. The van der Waals surface area contributed by atoms with Gasteiger partial charge in [0.1, 0.15) is 5.75 Å². The molecule has 2 aromatic carbocycles. The molecule has 1 heterocycles. The van der Waals surface area contributed by atoms with Gasteiger partial charge >= 0.3 is 0 Å². The lowest BCUT2D eigenvalue weighted by Crippen LogP contribution is -2.39. The number of amides is 2. The maximum atomic E-state index is 12.8. The van der Waals surface area contributed by atoms with Crippen molar-refractivity contribution in [3.63, 3.8) is 0 Å². The monoisotopic (exact) mass is 338 g/mol. The van der Waals surface area contributed by atoms with Crippen LogP contribution in [0.25, 0.3) is 0 Å². The number of hydrogen-bond acceptors (Lipinski definition) is 4. The van der Waals surface area contributed by atoms with Gasteiger partial charge in [0.05, 0.1) is 24.8 Å². The SMILES string of the molecule is CCOc1ccc(N2C(=O)C[C@@H](N(C)Cc3ccccc3)C2=O)cc1. The summed E-state index contributed by atoms with van der Waals surface area (Å²) in [6.45, 7) is 3.11. The second-order valence-electron chi connectivity index (χ2n) is 6.11. The third-order valence-corrected chi connectivity index (χ3v) is 4.34. The van der Waals surface area contributed by atoms with Crippen LogP contribution in [0.4, 0.5) is 5.69 Å². The Bertz CT molecular complexity index is 743. The Balaban J connectivity index is 1.73. The maximum Gasteiger partial charge on any atom is 0.251 e. The second-order valence-corrected chi connectivity index (χ2v) is 6.11. The molecule has 1 fully saturated rings. The number of hydrogen-bond donors (Lipinski definition) is 0. The lowest BCUT2D eigenvalue weighted by molar-refractivity contribution is -0.122. The third-order valence-electron chi connectivity index (χ3n) is 4.34. The molecule has 1 saturated heterocycles. The van der Waals surface area contributed by atoms with Crippen molar-refractivity contribution in [3.05, 3.63) is 60.2 Å². The number of rotatable bonds is 6. The molecule has 0 spiro atoms. The number of nitrogens with zero attached hydrogens (tertiary/aromatic N) is 2. The summed E-state index contributed by atoms with van der Waals surface area (Å²) < 4.78 is 5.41. The molecule has 2 amide bonds. The van der Waals surface area contributed by atoms with Gasteiger partial charge in [0.25, 0.3) is 5.91 Å². The smallest absolute Gasteiger partial charge is 0.251 e. The van der Waals surface area contributed by atoms with Crippen LogP contribution in [-0.4, -0.2) is 36.4 Å². The Kier molecular flexibility index (Phi) is 5.14. The topological polar surface area (TPSA) is 49.9 Å². The van der Waals surface area contributed by atoms with Crippen LogP contribution in [0.2, 0.25) is 0 Å². The minimum Gasteiger partial charge on any atom is -0.494 e. The molecule has 1 atom stereocenters. The van der Waals surface area contributed by atoms with Crippen LogP contribution < -0.4 is 9.64 Å². The van der Waals surface area contributed by atoms with Gasteiger partial charge in [-0.1, -0.05) is 30.3 Å². The van der Waals surface area contributed by atoms with E-state index in [1.165, 1.54) is 4.90 Å². The summed E-state index contributed by atoms with van der Waals surface area (Å²) in [4.78, 5) is 28.4. The molecule has 130 valence electrons. The van der Waals surface area contributed by atoms with Crippen molar-refractivity contribution in [2.45, 2.75) is 25.9 Å². The van der Waals surface area contributed by atoms with Gasteiger partial charge in [-0.2, -0.15) is 0 Å². The molecule has 5 nitrogen and oxygen atoms in total. The Morgan fingerprint density at radius 3 is 2.40 bits per heavy atom. The summed E-state index contributed by atoms with van der Waals surface area (Å²) in [5.74, 6) is 0.384. The predicted molar refractivity (Wildman–Crippen MR) is 96.4 cm³/mol. The van der Waals surface area contributed by atoms with E-state index in [0.717, 1.165) is 11.3 Å². The summed E-state index contributed by atoms with van der Waals surface area (Å²) in [6, 6.07) is 16.6. The van der Waals surface area contributed by atoms with Crippen LogP contribution >= 0.6 is 0 Å². The van der Waals surface area contributed by atoms with Crippen LogP contribution in [0.1, 0.15) is 18.9 Å². The molecule has 2 aromatic rings. The second kappa shape index (κ2) is 7.49. The number of ether oxygens (including phenoxy) is 1. The van der Waals surface area contributed by atoms with Crippen molar-refractivity contribution in [1.82, 2.24) is 4.90 Å². The van der Waals surface area contributed by atoms with E-state index in [0.29, 0.717) is 18.8 Å². The molecule has 0 radical (unpaired) electrons. The summed E-state index contributed by atoms with van der Waals surface area (Å²) in [6.07, 6.45) is 0.204. The lowest BCUT2D eigenvalue weighted by atomic mass is 10.1. The fourth-order valence-electron chi connectivity index (χ4n) is 3.07.